The Morgan fingerprint density at radius 1 is 1.21 bits per heavy atom. The van der Waals surface area contributed by atoms with Gasteiger partial charge in [-0.2, -0.15) is 0 Å². The fourth-order valence-corrected chi connectivity index (χ4v) is 1.85. The van der Waals surface area contributed by atoms with E-state index in [4.69, 9.17) is 5.73 Å². The lowest BCUT2D eigenvalue weighted by molar-refractivity contribution is -0.384. The molecule has 5 nitrogen and oxygen atoms in total. The van der Waals surface area contributed by atoms with Crippen LogP contribution in [0.1, 0.15) is 0 Å². The summed E-state index contributed by atoms with van der Waals surface area (Å²) in [5.74, 6) is -0.452. The van der Waals surface area contributed by atoms with Crippen LogP contribution in [0.5, 0.6) is 0 Å². The fourth-order valence-electron chi connectivity index (χ4n) is 1.51. The number of rotatable bonds is 3. The van der Waals surface area contributed by atoms with E-state index in [1.807, 2.05) is 0 Å². The maximum atomic E-state index is 13.6. The largest absolute Gasteiger partial charge is 0.397 e. The lowest BCUT2D eigenvalue weighted by atomic mass is 10.2. The van der Waals surface area contributed by atoms with E-state index in [2.05, 4.69) is 21.2 Å². The molecule has 0 unspecified atom stereocenters. The standard InChI is InChI=1S/C12H9BrFN3O2/c13-7-1-3-11(9(14)5-7)16-12-4-2-8(17(18)19)6-10(12)15/h1-6,16H,15H2. The van der Waals surface area contributed by atoms with Crippen LogP contribution in [-0.4, -0.2) is 4.92 Å². The predicted molar refractivity (Wildman–Crippen MR) is 74.9 cm³/mol. The number of nitrogens with one attached hydrogen (secondary N) is 1. The average molecular weight is 326 g/mol. The lowest BCUT2D eigenvalue weighted by Crippen LogP contribution is -1.99. The van der Waals surface area contributed by atoms with Crippen molar-refractivity contribution in [3.05, 3.63) is 56.8 Å². The maximum Gasteiger partial charge on any atom is 0.271 e. The van der Waals surface area contributed by atoms with Crippen LogP contribution in [0.2, 0.25) is 0 Å². The third kappa shape index (κ3) is 3.00. The van der Waals surface area contributed by atoms with E-state index in [1.165, 1.54) is 24.3 Å². The van der Waals surface area contributed by atoms with Crippen molar-refractivity contribution in [2.45, 2.75) is 0 Å². The number of nitrogens with two attached hydrogens (primary N) is 1. The minimum Gasteiger partial charge on any atom is -0.397 e. The molecule has 2 aromatic rings. The highest BCUT2D eigenvalue weighted by atomic mass is 79.9. The monoisotopic (exact) mass is 325 g/mol. The first-order valence-corrected chi connectivity index (χ1v) is 6.02. The van der Waals surface area contributed by atoms with Gasteiger partial charge < -0.3 is 11.1 Å². The van der Waals surface area contributed by atoms with E-state index in [9.17, 15) is 14.5 Å². The summed E-state index contributed by atoms with van der Waals surface area (Å²) in [5, 5.41) is 13.4. The molecule has 98 valence electrons. The van der Waals surface area contributed by atoms with Crippen LogP contribution in [0, 0.1) is 15.9 Å². The number of hydrogen-bond donors (Lipinski definition) is 2. The summed E-state index contributed by atoms with van der Waals surface area (Å²) < 4.78 is 14.3. The van der Waals surface area contributed by atoms with Crippen molar-refractivity contribution in [2.24, 2.45) is 0 Å². The molecular formula is C12H9BrFN3O2. The summed E-state index contributed by atoms with van der Waals surface area (Å²) >= 11 is 3.15. The van der Waals surface area contributed by atoms with Crippen LogP contribution in [0.3, 0.4) is 0 Å². The van der Waals surface area contributed by atoms with Crippen molar-refractivity contribution >= 4 is 38.7 Å². The van der Waals surface area contributed by atoms with Gasteiger partial charge >= 0.3 is 0 Å². The van der Waals surface area contributed by atoms with Crippen molar-refractivity contribution < 1.29 is 9.31 Å². The Balaban J connectivity index is 2.31. The Kier molecular flexibility index (Phi) is 3.66. The van der Waals surface area contributed by atoms with Gasteiger partial charge in [0.1, 0.15) is 5.82 Å². The molecule has 0 aliphatic carbocycles. The molecule has 3 N–H and O–H groups in total. The Labute approximate surface area is 116 Å². The fraction of sp³-hybridized carbons (Fsp3) is 0. The van der Waals surface area contributed by atoms with Gasteiger partial charge in [0.05, 0.1) is 22.0 Å². The second-order valence-corrected chi connectivity index (χ2v) is 4.69. The van der Waals surface area contributed by atoms with Gasteiger partial charge in [-0.3, -0.25) is 10.1 Å². The Morgan fingerprint density at radius 2 is 1.89 bits per heavy atom. The summed E-state index contributed by atoms with van der Waals surface area (Å²) in [5.41, 5.74) is 6.40. The Hall–Kier alpha value is -2.15. The van der Waals surface area contributed by atoms with Crippen molar-refractivity contribution in [3.63, 3.8) is 0 Å². The van der Waals surface area contributed by atoms with Gasteiger partial charge in [-0.1, -0.05) is 15.9 Å². The van der Waals surface area contributed by atoms with Gasteiger partial charge in [0.2, 0.25) is 0 Å². The quantitative estimate of drug-likeness (QED) is 0.510. The highest BCUT2D eigenvalue weighted by molar-refractivity contribution is 9.10. The first kappa shape index (κ1) is 13.3. The molecule has 2 aromatic carbocycles. The lowest BCUT2D eigenvalue weighted by Gasteiger charge is -2.10. The predicted octanol–water partition coefficient (Wildman–Crippen LogP) is 3.82. The van der Waals surface area contributed by atoms with Crippen LogP contribution in [-0.2, 0) is 0 Å². The highest BCUT2D eigenvalue weighted by Crippen LogP contribution is 2.29. The normalized spacial score (nSPS) is 10.2. The second kappa shape index (κ2) is 5.23. The van der Waals surface area contributed by atoms with Crippen LogP contribution >= 0.6 is 15.9 Å². The van der Waals surface area contributed by atoms with Crippen molar-refractivity contribution in [1.82, 2.24) is 0 Å². The molecule has 0 bridgehead atoms. The minimum atomic E-state index is -0.541. The third-order valence-corrected chi connectivity index (χ3v) is 2.94. The number of non-ortho nitro benzene ring substituents is 1. The van der Waals surface area contributed by atoms with Crippen LogP contribution in [0.4, 0.5) is 27.1 Å². The number of nitrogen functional groups attached to an aromatic ring is 1. The number of nitro groups is 1. The third-order valence-electron chi connectivity index (χ3n) is 2.45. The summed E-state index contributed by atoms with van der Waals surface area (Å²) in [6, 6.07) is 8.49. The molecule has 19 heavy (non-hydrogen) atoms. The summed E-state index contributed by atoms with van der Waals surface area (Å²) in [6.07, 6.45) is 0. The average Bonchev–Trinajstić information content (AvgIpc) is 2.34. The van der Waals surface area contributed by atoms with Gasteiger partial charge in [0.15, 0.2) is 0 Å². The molecular weight excluding hydrogens is 317 g/mol. The number of benzene rings is 2. The molecule has 0 heterocycles. The first-order chi connectivity index (χ1) is 8.97. The molecule has 0 saturated carbocycles. The molecule has 0 aromatic heterocycles. The molecule has 0 amide bonds. The van der Waals surface area contributed by atoms with E-state index in [1.54, 1.807) is 12.1 Å². The molecule has 0 radical (unpaired) electrons. The molecule has 0 fully saturated rings. The van der Waals surface area contributed by atoms with Crippen molar-refractivity contribution in [2.75, 3.05) is 11.1 Å². The SMILES string of the molecule is Nc1cc([N+](=O)[O-])ccc1Nc1ccc(Br)cc1F. The van der Waals surface area contributed by atoms with Gasteiger partial charge in [-0.25, -0.2) is 4.39 Å². The van der Waals surface area contributed by atoms with Gasteiger partial charge in [-0.15, -0.1) is 0 Å². The van der Waals surface area contributed by atoms with Crippen molar-refractivity contribution in [3.8, 4) is 0 Å². The zero-order valence-electron chi connectivity index (χ0n) is 9.56. The maximum absolute atomic E-state index is 13.6. The molecule has 0 aliphatic heterocycles. The summed E-state index contributed by atoms with van der Waals surface area (Å²) in [7, 11) is 0. The van der Waals surface area contributed by atoms with E-state index < -0.39 is 10.7 Å². The number of anilines is 3. The highest BCUT2D eigenvalue weighted by Gasteiger charge is 2.10. The van der Waals surface area contributed by atoms with E-state index in [-0.39, 0.29) is 17.1 Å². The van der Waals surface area contributed by atoms with Crippen LogP contribution in [0.25, 0.3) is 0 Å². The number of nitrogens with zero attached hydrogens (tertiary/aromatic N) is 1. The second-order valence-electron chi connectivity index (χ2n) is 3.78. The summed E-state index contributed by atoms with van der Waals surface area (Å²) in [6.45, 7) is 0. The van der Waals surface area contributed by atoms with Crippen LogP contribution < -0.4 is 11.1 Å². The number of nitro benzene ring substituents is 1. The van der Waals surface area contributed by atoms with Crippen molar-refractivity contribution in [1.29, 1.82) is 0 Å². The van der Waals surface area contributed by atoms with Gasteiger partial charge in [0, 0.05) is 16.6 Å². The van der Waals surface area contributed by atoms with Gasteiger partial charge in [-0.05, 0) is 24.3 Å². The molecule has 0 spiro atoms. The zero-order chi connectivity index (χ0) is 14.0. The zero-order valence-corrected chi connectivity index (χ0v) is 11.1. The first-order valence-electron chi connectivity index (χ1n) is 5.23. The van der Waals surface area contributed by atoms with E-state index in [0.717, 1.165) is 0 Å². The van der Waals surface area contributed by atoms with Gasteiger partial charge in [0.25, 0.3) is 5.69 Å². The molecule has 0 aliphatic rings. The minimum absolute atomic E-state index is 0.112. The molecule has 0 saturated heterocycles. The molecule has 2 rings (SSSR count). The van der Waals surface area contributed by atoms with E-state index in [0.29, 0.717) is 10.2 Å². The van der Waals surface area contributed by atoms with Crippen LogP contribution in [0.15, 0.2) is 40.9 Å². The topological polar surface area (TPSA) is 81.2 Å². The smallest absolute Gasteiger partial charge is 0.271 e. The van der Waals surface area contributed by atoms with E-state index >= 15 is 0 Å². The Morgan fingerprint density at radius 3 is 2.47 bits per heavy atom. The summed E-state index contributed by atoms with van der Waals surface area (Å²) in [4.78, 5) is 10.0. The number of hydrogen-bond acceptors (Lipinski definition) is 4. The molecule has 7 heteroatoms. The number of halogens is 2. The molecule has 0 atom stereocenters. The Bertz CT molecular complexity index is 649.